The molecule has 2 aromatic carbocycles. The van der Waals surface area contributed by atoms with Crippen LogP contribution in [0.2, 0.25) is 0 Å². The first-order valence-electron chi connectivity index (χ1n) is 25.3. The van der Waals surface area contributed by atoms with Crippen LogP contribution in [-0.4, -0.2) is 6.10 Å². The van der Waals surface area contributed by atoms with Gasteiger partial charge in [0.1, 0.15) is 0 Å². The first-order valence-corrected chi connectivity index (χ1v) is 25.3. The van der Waals surface area contributed by atoms with Crippen molar-refractivity contribution in [2.45, 2.75) is 233 Å². The van der Waals surface area contributed by atoms with E-state index in [9.17, 15) is 4.39 Å². The summed E-state index contributed by atoms with van der Waals surface area (Å²) >= 11 is 0. The van der Waals surface area contributed by atoms with Gasteiger partial charge in [-0.15, -0.1) is 0 Å². The molecule has 57 heavy (non-hydrogen) atoms. The lowest BCUT2D eigenvalue weighted by Gasteiger charge is -2.38. The van der Waals surface area contributed by atoms with E-state index in [-0.39, 0.29) is 11.9 Å². The summed E-state index contributed by atoms with van der Waals surface area (Å²) in [6.07, 6.45) is 37.1. The van der Waals surface area contributed by atoms with E-state index in [1.54, 1.807) is 11.6 Å². The van der Waals surface area contributed by atoms with Gasteiger partial charge < -0.3 is 4.74 Å². The number of unbranched alkanes of at least 4 members (excludes halogenated alkanes) is 3. The van der Waals surface area contributed by atoms with Crippen molar-refractivity contribution in [3.8, 4) is 5.75 Å². The predicted octanol–water partition coefficient (Wildman–Crippen LogP) is 17.6. The van der Waals surface area contributed by atoms with Gasteiger partial charge in [-0.2, -0.15) is 0 Å². The minimum absolute atomic E-state index is 0.0834. The van der Waals surface area contributed by atoms with Gasteiger partial charge in [-0.25, -0.2) is 4.39 Å². The molecule has 0 amide bonds. The van der Waals surface area contributed by atoms with Crippen LogP contribution >= 0.6 is 0 Å². The SMILES string of the molecule is CCCC1CCC(C2CCC(c3ccc(CC(C)CC)cc3)CC2)CC1.CCCCCCC(C)Oc1ccc(C2CCC(C3CCC(CCC)CC3)CC2)cc1F. The van der Waals surface area contributed by atoms with E-state index in [1.165, 1.54) is 172 Å². The smallest absolute Gasteiger partial charge is 0.165 e. The van der Waals surface area contributed by atoms with E-state index < -0.39 is 0 Å². The summed E-state index contributed by atoms with van der Waals surface area (Å²) in [4.78, 5) is 0. The second-order valence-corrected chi connectivity index (χ2v) is 20.3. The normalized spacial score (nSPS) is 29.2. The minimum Gasteiger partial charge on any atom is -0.488 e. The van der Waals surface area contributed by atoms with Gasteiger partial charge in [-0.3, -0.25) is 0 Å². The average Bonchev–Trinajstić information content (AvgIpc) is 3.24. The molecule has 0 aliphatic heterocycles. The van der Waals surface area contributed by atoms with Gasteiger partial charge in [-0.05, 0) is 185 Å². The third-order valence-electron chi connectivity index (χ3n) is 16.0. The number of hydrogen-bond donors (Lipinski definition) is 0. The third kappa shape index (κ3) is 15.0. The van der Waals surface area contributed by atoms with Gasteiger partial charge >= 0.3 is 0 Å². The maximum Gasteiger partial charge on any atom is 0.165 e. The molecule has 0 heterocycles. The number of hydrogen-bond acceptors (Lipinski definition) is 1. The molecule has 0 N–H and O–H groups in total. The van der Waals surface area contributed by atoms with Crippen molar-refractivity contribution in [3.63, 3.8) is 0 Å². The first-order chi connectivity index (χ1) is 27.8. The molecule has 0 bridgehead atoms. The Morgan fingerprint density at radius 3 is 1.47 bits per heavy atom. The topological polar surface area (TPSA) is 9.23 Å². The Kier molecular flexibility index (Phi) is 20.3. The summed E-state index contributed by atoms with van der Waals surface area (Å²) in [5.74, 6) is 8.47. The van der Waals surface area contributed by atoms with Gasteiger partial charge in [0.05, 0.1) is 6.10 Å². The minimum atomic E-state index is -0.172. The molecule has 4 fully saturated rings. The summed E-state index contributed by atoms with van der Waals surface area (Å²) in [6.45, 7) is 13.6. The molecule has 4 aliphatic carbocycles. The van der Waals surface area contributed by atoms with Crippen LogP contribution in [0.5, 0.6) is 5.75 Å². The average molecular weight is 785 g/mol. The highest BCUT2D eigenvalue weighted by atomic mass is 19.1. The maximum atomic E-state index is 14.8. The first kappa shape index (κ1) is 46.2. The van der Waals surface area contributed by atoms with E-state index in [1.807, 2.05) is 6.07 Å². The van der Waals surface area contributed by atoms with Gasteiger partial charge in [0.15, 0.2) is 11.6 Å². The monoisotopic (exact) mass is 785 g/mol. The van der Waals surface area contributed by atoms with Crippen LogP contribution in [-0.2, 0) is 6.42 Å². The summed E-state index contributed by atoms with van der Waals surface area (Å²) in [5.41, 5.74) is 4.33. The zero-order valence-electron chi connectivity index (χ0n) is 38.2. The standard InChI is InChI=1S/C29H47FO.C26H42/c1-4-6-7-8-10-22(3)31-29-20-19-27(21-28(29)30)26-17-15-25(16-18-26)24-13-11-23(9-5-2)12-14-24;1-4-6-21-7-11-23(12-8-21)25-15-17-26(18-16-25)24-13-9-22(10-14-24)19-20(3)5-2/h19-26H,4-18H2,1-3H3;9-10,13-14,20-21,23,25-26H,4-8,11-12,15-19H2,1-3H3. The largest absolute Gasteiger partial charge is 0.488 e. The fourth-order valence-corrected chi connectivity index (χ4v) is 12.0. The van der Waals surface area contributed by atoms with Gasteiger partial charge in [0.2, 0.25) is 0 Å². The zero-order chi connectivity index (χ0) is 40.4. The number of ether oxygens (including phenoxy) is 1. The third-order valence-corrected chi connectivity index (χ3v) is 16.0. The molecule has 4 aliphatic rings. The molecule has 2 aromatic rings. The quantitative estimate of drug-likeness (QED) is 0.137. The molecule has 0 aromatic heterocycles. The van der Waals surface area contributed by atoms with E-state index >= 15 is 0 Å². The number of benzene rings is 2. The molecule has 2 heteroatoms. The molecule has 0 spiro atoms. The molecule has 2 unspecified atom stereocenters. The Morgan fingerprint density at radius 1 is 0.544 bits per heavy atom. The van der Waals surface area contributed by atoms with E-state index in [2.05, 4.69) is 71.9 Å². The highest BCUT2D eigenvalue weighted by Crippen LogP contribution is 2.46. The van der Waals surface area contributed by atoms with Crippen LogP contribution in [0.1, 0.15) is 237 Å². The molecule has 6 rings (SSSR count). The Labute approximate surface area is 352 Å². The predicted molar refractivity (Wildman–Crippen MR) is 245 cm³/mol. The van der Waals surface area contributed by atoms with Crippen molar-refractivity contribution in [2.75, 3.05) is 0 Å². The van der Waals surface area contributed by atoms with Gasteiger partial charge in [-0.1, -0.05) is 142 Å². The molecule has 322 valence electrons. The van der Waals surface area contributed by atoms with Crippen LogP contribution in [0.15, 0.2) is 42.5 Å². The molecule has 4 saturated carbocycles. The fourth-order valence-electron chi connectivity index (χ4n) is 12.0. The van der Waals surface area contributed by atoms with Crippen molar-refractivity contribution in [2.24, 2.45) is 41.4 Å². The Morgan fingerprint density at radius 2 is 1.02 bits per heavy atom. The lowest BCUT2D eigenvalue weighted by atomic mass is 9.68. The molecule has 2 atom stereocenters. The molecule has 0 saturated heterocycles. The van der Waals surface area contributed by atoms with E-state index in [0.29, 0.717) is 11.7 Å². The number of halogens is 1. The maximum absolute atomic E-state index is 14.8. The summed E-state index contributed by atoms with van der Waals surface area (Å²) in [5, 5.41) is 0. The Hall–Kier alpha value is -1.83. The fraction of sp³-hybridized carbons (Fsp3) is 0.782. The summed E-state index contributed by atoms with van der Waals surface area (Å²) in [6, 6.07) is 15.5. The molecular formula is C55H89FO. The Bertz CT molecular complexity index is 1330. The lowest BCUT2D eigenvalue weighted by molar-refractivity contribution is 0.156. The molecular weight excluding hydrogens is 696 g/mol. The van der Waals surface area contributed by atoms with Gasteiger partial charge in [0, 0.05) is 0 Å². The van der Waals surface area contributed by atoms with Crippen molar-refractivity contribution in [1.29, 1.82) is 0 Å². The highest BCUT2D eigenvalue weighted by Gasteiger charge is 2.33. The highest BCUT2D eigenvalue weighted by molar-refractivity contribution is 5.32. The molecule has 1 nitrogen and oxygen atoms in total. The van der Waals surface area contributed by atoms with E-state index in [4.69, 9.17) is 4.74 Å². The van der Waals surface area contributed by atoms with Crippen LogP contribution in [0.25, 0.3) is 0 Å². The zero-order valence-corrected chi connectivity index (χ0v) is 38.2. The van der Waals surface area contributed by atoms with Gasteiger partial charge in [0.25, 0.3) is 0 Å². The van der Waals surface area contributed by atoms with Crippen LogP contribution in [0.3, 0.4) is 0 Å². The van der Waals surface area contributed by atoms with Crippen LogP contribution in [0.4, 0.5) is 4.39 Å². The van der Waals surface area contributed by atoms with Crippen molar-refractivity contribution in [3.05, 3.63) is 65.0 Å². The van der Waals surface area contributed by atoms with E-state index in [0.717, 1.165) is 60.2 Å². The Balaban J connectivity index is 0.000000221. The summed E-state index contributed by atoms with van der Waals surface area (Å²) < 4.78 is 20.7. The van der Waals surface area contributed by atoms with Crippen molar-refractivity contribution in [1.82, 2.24) is 0 Å². The second kappa shape index (κ2) is 25.1. The van der Waals surface area contributed by atoms with Crippen LogP contribution in [0, 0.1) is 47.2 Å². The summed E-state index contributed by atoms with van der Waals surface area (Å²) in [7, 11) is 0. The van der Waals surface area contributed by atoms with Crippen molar-refractivity contribution < 1.29 is 9.13 Å². The van der Waals surface area contributed by atoms with Crippen molar-refractivity contribution >= 4 is 0 Å². The number of rotatable bonds is 18. The molecule has 0 radical (unpaired) electrons. The lowest BCUT2D eigenvalue weighted by Crippen LogP contribution is -2.25. The van der Waals surface area contributed by atoms with Crippen LogP contribution < -0.4 is 4.74 Å². The second-order valence-electron chi connectivity index (χ2n) is 20.3.